The molecular formula is C11H16BrNS. The van der Waals surface area contributed by atoms with E-state index in [1.54, 1.807) is 0 Å². The Morgan fingerprint density at radius 3 is 2.86 bits per heavy atom. The lowest BCUT2D eigenvalue weighted by Crippen LogP contribution is -2.22. The SMILES string of the molecule is CC1(C)CCN(Cc2cc(Br)cs2)C1. The van der Waals surface area contributed by atoms with Gasteiger partial charge in [0.1, 0.15) is 0 Å². The molecule has 1 saturated heterocycles. The summed E-state index contributed by atoms with van der Waals surface area (Å²) in [7, 11) is 0. The van der Waals surface area contributed by atoms with Crippen molar-refractivity contribution in [3.63, 3.8) is 0 Å². The van der Waals surface area contributed by atoms with Gasteiger partial charge in [-0.05, 0) is 40.4 Å². The average Bonchev–Trinajstić information content (AvgIpc) is 2.59. The quantitative estimate of drug-likeness (QED) is 0.794. The Hall–Kier alpha value is 0.140. The molecular weight excluding hydrogens is 258 g/mol. The van der Waals surface area contributed by atoms with Crippen LogP contribution in [0.4, 0.5) is 0 Å². The largest absolute Gasteiger partial charge is 0.298 e. The summed E-state index contributed by atoms with van der Waals surface area (Å²) < 4.78 is 1.22. The smallest absolute Gasteiger partial charge is 0.0328 e. The van der Waals surface area contributed by atoms with E-state index >= 15 is 0 Å². The van der Waals surface area contributed by atoms with Gasteiger partial charge in [-0.3, -0.25) is 4.90 Å². The van der Waals surface area contributed by atoms with Gasteiger partial charge >= 0.3 is 0 Å². The zero-order valence-electron chi connectivity index (χ0n) is 8.72. The number of rotatable bonds is 2. The van der Waals surface area contributed by atoms with Gasteiger partial charge in [0.05, 0.1) is 0 Å². The van der Waals surface area contributed by atoms with Gasteiger partial charge in [0.2, 0.25) is 0 Å². The van der Waals surface area contributed by atoms with E-state index in [9.17, 15) is 0 Å². The molecule has 1 nitrogen and oxygen atoms in total. The van der Waals surface area contributed by atoms with Crippen LogP contribution >= 0.6 is 27.3 Å². The molecule has 2 rings (SSSR count). The molecule has 0 N–H and O–H groups in total. The van der Waals surface area contributed by atoms with Gasteiger partial charge in [0, 0.05) is 27.8 Å². The average molecular weight is 274 g/mol. The number of thiophene rings is 1. The van der Waals surface area contributed by atoms with Crippen LogP contribution in [0, 0.1) is 5.41 Å². The summed E-state index contributed by atoms with van der Waals surface area (Å²) in [4.78, 5) is 4.02. The Labute approximate surface area is 98.2 Å². The molecule has 0 amide bonds. The minimum Gasteiger partial charge on any atom is -0.298 e. The van der Waals surface area contributed by atoms with Gasteiger partial charge in [-0.2, -0.15) is 0 Å². The first-order valence-corrected chi connectivity index (χ1v) is 6.68. The third-order valence-electron chi connectivity index (χ3n) is 2.76. The second-order valence-electron chi connectivity index (χ2n) is 4.86. The lowest BCUT2D eigenvalue weighted by Gasteiger charge is -2.18. The topological polar surface area (TPSA) is 3.24 Å². The fourth-order valence-electron chi connectivity index (χ4n) is 2.02. The predicted molar refractivity (Wildman–Crippen MR) is 65.7 cm³/mol. The molecule has 0 saturated carbocycles. The number of hydrogen-bond donors (Lipinski definition) is 0. The maximum Gasteiger partial charge on any atom is 0.0328 e. The molecule has 0 atom stereocenters. The maximum atomic E-state index is 3.50. The normalized spacial score (nSPS) is 21.6. The molecule has 1 aliphatic heterocycles. The Balaban J connectivity index is 1.94. The first-order chi connectivity index (χ1) is 6.55. The molecule has 0 radical (unpaired) electrons. The lowest BCUT2D eigenvalue weighted by atomic mass is 9.93. The Kier molecular flexibility index (Phi) is 3.01. The molecule has 1 aromatic heterocycles. The molecule has 1 aromatic rings. The second-order valence-corrected chi connectivity index (χ2v) is 6.77. The lowest BCUT2D eigenvalue weighted by molar-refractivity contribution is 0.286. The number of halogens is 1. The van der Waals surface area contributed by atoms with Crippen molar-refractivity contribution < 1.29 is 0 Å². The van der Waals surface area contributed by atoms with Crippen molar-refractivity contribution >= 4 is 27.3 Å². The van der Waals surface area contributed by atoms with Crippen molar-refractivity contribution in [2.45, 2.75) is 26.8 Å². The molecule has 0 aromatic carbocycles. The van der Waals surface area contributed by atoms with Crippen LogP contribution in [0.15, 0.2) is 15.9 Å². The Morgan fingerprint density at radius 2 is 2.36 bits per heavy atom. The molecule has 78 valence electrons. The highest BCUT2D eigenvalue weighted by Crippen LogP contribution is 2.31. The van der Waals surface area contributed by atoms with Crippen LogP contribution in [0.3, 0.4) is 0 Å². The zero-order valence-corrected chi connectivity index (χ0v) is 11.1. The molecule has 0 unspecified atom stereocenters. The first kappa shape index (κ1) is 10.7. The third-order valence-corrected chi connectivity index (χ3v) is 4.44. The summed E-state index contributed by atoms with van der Waals surface area (Å²) in [5, 5.41) is 2.16. The van der Waals surface area contributed by atoms with E-state index < -0.39 is 0 Å². The van der Waals surface area contributed by atoms with Crippen molar-refractivity contribution in [3.8, 4) is 0 Å². The number of hydrogen-bond acceptors (Lipinski definition) is 2. The van der Waals surface area contributed by atoms with Crippen LogP contribution in [0.5, 0.6) is 0 Å². The summed E-state index contributed by atoms with van der Waals surface area (Å²) in [6.45, 7) is 8.33. The van der Waals surface area contributed by atoms with Crippen LogP contribution in [0.2, 0.25) is 0 Å². The van der Waals surface area contributed by atoms with E-state index in [0.29, 0.717) is 5.41 Å². The summed E-state index contributed by atoms with van der Waals surface area (Å²) in [5.74, 6) is 0. The molecule has 1 fully saturated rings. The van der Waals surface area contributed by atoms with Gasteiger partial charge in [-0.15, -0.1) is 11.3 Å². The van der Waals surface area contributed by atoms with Crippen LogP contribution in [-0.2, 0) is 6.54 Å². The fourth-order valence-corrected chi connectivity index (χ4v) is 3.51. The Morgan fingerprint density at radius 1 is 1.57 bits per heavy atom. The van der Waals surface area contributed by atoms with Crippen LogP contribution in [0.1, 0.15) is 25.1 Å². The van der Waals surface area contributed by atoms with E-state index in [1.165, 1.54) is 28.9 Å². The van der Waals surface area contributed by atoms with Crippen LogP contribution < -0.4 is 0 Å². The molecule has 14 heavy (non-hydrogen) atoms. The van der Waals surface area contributed by atoms with Gasteiger partial charge < -0.3 is 0 Å². The fraction of sp³-hybridized carbons (Fsp3) is 0.636. The van der Waals surface area contributed by atoms with E-state index in [1.807, 2.05) is 11.3 Å². The van der Waals surface area contributed by atoms with E-state index in [-0.39, 0.29) is 0 Å². The standard InChI is InChI=1S/C11H16BrNS/c1-11(2)3-4-13(8-11)6-10-5-9(12)7-14-10/h5,7H,3-4,6,8H2,1-2H3. The molecule has 0 spiro atoms. The van der Waals surface area contributed by atoms with Crippen molar-refractivity contribution in [2.24, 2.45) is 5.41 Å². The molecule has 1 aliphatic rings. The van der Waals surface area contributed by atoms with Crippen molar-refractivity contribution in [2.75, 3.05) is 13.1 Å². The minimum absolute atomic E-state index is 0.522. The van der Waals surface area contributed by atoms with Crippen molar-refractivity contribution in [1.29, 1.82) is 0 Å². The highest BCUT2D eigenvalue weighted by Gasteiger charge is 2.28. The molecule has 3 heteroatoms. The van der Waals surface area contributed by atoms with E-state index in [0.717, 1.165) is 6.54 Å². The van der Waals surface area contributed by atoms with E-state index in [4.69, 9.17) is 0 Å². The van der Waals surface area contributed by atoms with Crippen molar-refractivity contribution in [3.05, 3.63) is 20.8 Å². The van der Waals surface area contributed by atoms with Crippen LogP contribution in [0.25, 0.3) is 0 Å². The highest BCUT2D eigenvalue weighted by atomic mass is 79.9. The van der Waals surface area contributed by atoms with Crippen LogP contribution in [-0.4, -0.2) is 18.0 Å². The predicted octanol–water partition coefficient (Wildman–Crippen LogP) is 3.74. The van der Waals surface area contributed by atoms with Gasteiger partial charge in [-0.25, -0.2) is 0 Å². The van der Waals surface area contributed by atoms with Crippen molar-refractivity contribution in [1.82, 2.24) is 4.90 Å². The van der Waals surface area contributed by atoms with E-state index in [2.05, 4.69) is 46.1 Å². The second kappa shape index (κ2) is 3.95. The summed E-state index contributed by atoms with van der Waals surface area (Å²) in [6, 6.07) is 2.23. The number of likely N-dealkylation sites (tertiary alicyclic amines) is 1. The Bertz CT molecular complexity index is 319. The number of nitrogens with zero attached hydrogens (tertiary/aromatic N) is 1. The molecule has 2 heterocycles. The highest BCUT2D eigenvalue weighted by molar-refractivity contribution is 9.10. The van der Waals surface area contributed by atoms with Gasteiger partial charge in [-0.1, -0.05) is 13.8 Å². The summed E-state index contributed by atoms with van der Waals surface area (Å²) in [5.41, 5.74) is 0.522. The molecule has 0 aliphatic carbocycles. The van der Waals surface area contributed by atoms with Gasteiger partial charge in [0.15, 0.2) is 0 Å². The van der Waals surface area contributed by atoms with Gasteiger partial charge in [0.25, 0.3) is 0 Å². The first-order valence-electron chi connectivity index (χ1n) is 5.00. The maximum absolute atomic E-state index is 3.50. The monoisotopic (exact) mass is 273 g/mol. The molecule has 0 bridgehead atoms. The third kappa shape index (κ3) is 2.59. The zero-order chi connectivity index (χ0) is 10.2. The summed E-state index contributed by atoms with van der Waals surface area (Å²) >= 11 is 5.34. The minimum atomic E-state index is 0.522. The summed E-state index contributed by atoms with van der Waals surface area (Å²) in [6.07, 6.45) is 1.33.